The van der Waals surface area contributed by atoms with Crippen molar-refractivity contribution in [3.8, 4) is 11.5 Å². The van der Waals surface area contributed by atoms with E-state index in [-0.39, 0.29) is 16.9 Å². The van der Waals surface area contributed by atoms with Crippen LogP contribution in [-0.4, -0.2) is 40.1 Å². The number of non-ortho nitro benzene ring substituents is 2. The number of carbonyl (C=O) groups is 1. The highest BCUT2D eigenvalue weighted by Crippen LogP contribution is 2.38. The highest BCUT2D eigenvalue weighted by atomic mass is 35.5. The molecule has 0 spiro atoms. The summed E-state index contributed by atoms with van der Waals surface area (Å²) in [7, 11) is 2.99. The van der Waals surface area contributed by atoms with Gasteiger partial charge < -0.3 is 19.9 Å². The molecule has 0 aliphatic carbocycles. The maximum Gasteiger partial charge on any atom is 0.337 e. The van der Waals surface area contributed by atoms with Gasteiger partial charge in [0.2, 0.25) is 0 Å². The Morgan fingerprint density at radius 3 is 2.14 bits per heavy atom. The van der Waals surface area contributed by atoms with Gasteiger partial charge in [0.25, 0.3) is 11.4 Å². The third-order valence-corrected chi connectivity index (χ3v) is 7.00. The quantitative estimate of drug-likeness (QED) is 0.107. The van der Waals surface area contributed by atoms with Crippen LogP contribution in [0, 0.1) is 34.1 Å². The number of nitro benzene ring substituents is 2. The van der Waals surface area contributed by atoms with Crippen molar-refractivity contribution in [2.45, 2.75) is 13.8 Å². The molecule has 43 heavy (non-hydrogen) atoms. The van der Waals surface area contributed by atoms with E-state index in [9.17, 15) is 30.1 Å². The summed E-state index contributed by atoms with van der Waals surface area (Å²) in [5.74, 6) is -0.0796. The lowest BCUT2D eigenvalue weighted by atomic mass is 10.1. The first-order chi connectivity index (χ1) is 20.4. The minimum atomic E-state index is -1.12. The molecule has 5 aromatic rings. The van der Waals surface area contributed by atoms with Crippen LogP contribution in [0.25, 0.3) is 21.8 Å². The minimum absolute atomic E-state index is 0.0188. The molecule has 2 N–H and O–H groups in total. The zero-order chi connectivity index (χ0) is 31.4. The molecule has 1 aromatic heterocycles. The number of aryl methyl sites for hydroxylation is 2. The van der Waals surface area contributed by atoms with Crippen LogP contribution in [0.5, 0.6) is 11.5 Å². The number of aromatic carboxylic acids is 1. The van der Waals surface area contributed by atoms with Crippen molar-refractivity contribution < 1.29 is 29.2 Å². The van der Waals surface area contributed by atoms with Gasteiger partial charge in [-0.1, -0.05) is 23.7 Å². The molecule has 5 rings (SSSR count). The first kappa shape index (κ1) is 30.5. The Balaban J connectivity index is 0.000000197. The van der Waals surface area contributed by atoms with E-state index >= 15 is 0 Å². The summed E-state index contributed by atoms with van der Waals surface area (Å²) in [5, 5.41) is 35.6. The zero-order valence-electron chi connectivity index (χ0n) is 23.4. The number of halogens is 1. The molecule has 0 aliphatic rings. The number of fused-ring (bicyclic) bond motifs is 2. The number of ether oxygens (including phenoxy) is 2. The Hall–Kier alpha value is -5.49. The zero-order valence-corrected chi connectivity index (χ0v) is 24.1. The number of rotatable bonds is 7. The molecule has 0 aliphatic heterocycles. The number of benzene rings is 4. The standard InChI is InChI=1S/C15H11ClN2O3.C15H14N2O5/c1-8-3-6-12(18(19)20)13-14(16)10-7-9(21-2)4-5-11(10)17-15(8)13;1-9-3-4-10(17(20)21)7-14(9)16-13-6-5-11(22-2)8-12(13)15(18)19/h3-7H,1-2H3;3-8,16H,1-2H3,(H,18,19). The average molecular weight is 605 g/mol. The average Bonchev–Trinajstić information content (AvgIpc) is 2.98. The number of aromatic nitrogens is 1. The second-order valence-corrected chi connectivity index (χ2v) is 9.67. The maximum atomic E-state index is 11.3. The summed E-state index contributed by atoms with van der Waals surface area (Å²) in [6, 6.07) is 17.4. The summed E-state index contributed by atoms with van der Waals surface area (Å²) in [5.41, 5.74) is 3.54. The summed E-state index contributed by atoms with van der Waals surface area (Å²) < 4.78 is 10.2. The second kappa shape index (κ2) is 12.6. The molecule has 220 valence electrons. The van der Waals surface area contributed by atoms with Gasteiger partial charge in [-0.15, -0.1) is 0 Å². The van der Waals surface area contributed by atoms with Crippen LogP contribution in [0.2, 0.25) is 5.02 Å². The Kier molecular flexibility index (Phi) is 8.91. The lowest BCUT2D eigenvalue weighted by Gasteiger charge is -2.13. The number of carboxylic acids is 1. The summed E-state index contributed by atoms with van der Waals surface area (Å²) in [6.45, 7) is 3.63. The first-order valence-electron chi connectivity index (χ1n) is 12.6. The normalized spacial score (nSPS) is 10.5. The molecule has 12 nitrogen and oxygen atoms in total. The van der Waals surface area contributed by atoms with Crippen molar-refractivity contribution in [3.05, 3.63) is 109 Å². The fourth-order valence-corrected chi connectivity index (χ4v) is 4.65. The number of anilines is 2. The van der Waals surface area contributed by atoms with Gasteiger partial charge in [-0.25, -0.2) is 9.78 Å². The fraction of sp³-hybridized carbons (Fsp3) is 0.133. The van der Waals surface area contributed by atoms with E-state index in [2.05, 4.69) is 10.3 Å². The monoisotopic (exact) mass is 604 g/mol. The molecule has 4 aromatic carbocycles. The van der Waals surface area contributed by atoms with Crippen molar-refractivity contribution >= 4 is 62.1 Å². The Labute approximate surface area is 249 Å². The largest absolute Gasteiger partial charge is 0.497 e. The SMILES string of the molecule is COc1ccc(Nc2cc([N+](=O)[O-])ccc2C)c(C(=O)O)c1.COc1ccc2nc3c(C)ccc([N+](=O)[O-])c3c(Cl)c2c1. The van der Waals surface area contributed by atoms with Gasteiger partial charge in [-0.05, 0) is 61.4 Å². The molecular formula is C30H25ClN4O8. The van der Waals surface area contributed by atoms with Crippen molar-refractivity contribution in [1.82, 2.24) is 4.98 Å². The van der Waals surface area contributed by atoms with E-state index in [0.29, 0.717) is 49.7 Å². The predicted octanol–water partition coefficient (Wildman–Crippen LogP) is 7.62. The van der Waals surface area contributed by atoms with E-state index in [1.165, 1.54) is 31.4 Å². The minimum Gasteiger partial charge on any atom is -0.497 e. The van der Waals surface area contributed by atoms with Crippen molar-refractivity contribution in [3.63, 3.8) is 0 Å². The fourth-order valence-electron chi connectivity index (χ4n) is 4.31. The number of pyridine rings is 1. The Morgan fingerprint density at radius 1 is 0.860 bits per heavy atom. The van der Waals surface area contributed by atoms with Crippen molar-refractivity contribution in [2.75, 3.05) is 19.5 Å². The number of hydrogen-bond donors (Lipinski definition) is 2. The van der Waals surface area contributed by atoms with E-state index in [1.807, 2.05) is 6.92 Å². The molecule has 0 fully saturated rings. The van der Waals surface area contributed by atoms with Gasteiger partial charge in [-0.3, -0.25) is 20.2 Å². The van der Waals surface area contributed by atoms with Crippen LogP contribution < -0.4 is 14.8 Å². The van der Waals surface area contributed by atoms with Gasteiger partial charge in [0, 0.05) is 29.3 Å². The van der Waals surface area contributed by atoms with E-state index in [1.54, 1.807) is 56.5 Å². The van der Waals surface area contributed by atoms with Crippen LogP contribution in [0.15, 0.2) is 66.7 Å². The number of carboxylic acid groups (broad SMARTS) is 1. The lowest BCUT2D eigenvalue weighted by Crippen LogP contribution is -2.04. The molecule has 1 heterocycles. The van der Waals surface area contributed by atoms with E-state index in [0.717, 1.165) is 11.1 Å². The van der Waals surface area contributed by atoms with Crippen LogP contribution in [0.4, 0.5) is 22.7 Å². The van der Waals surface area contributed by atoms with Crippen molar-refractivity contribution in [1.29, 1.82) is 0 Å². The van der Waals surface area contributed by atoms with Gasteiger partial charge >= 0.3 is 5.97 Å². The number of nitro groups is 2. The number of nitrogens with zero attached hydrogens (tertiary/aromatic N) is 3. The highest BCUT2D eigenvalue weighted by Gasteiger charge is 2.20. The maximum absolute atomic E-state index is 11.3. The third kappa shape index (κ3) is 6.39. The lowest BCUT2D eigenvalue weighted by molar-refractivity contribution is -0.384. The van der Waals surface area contributed by atoms with E-state index < -0.39 is 15.8 Å². The summed E-state index contributed by atoms with van der Waals surface area (Å²) in [4.78, 5) is 37.0. The molecular weight excluding hydrogens is 580 g/mol. The molecule has 0 amide bonds. The number of nitrogens with one attached hydrogen (secondary N) is 1. The predicted molar refractivity (Wildman–Crippen MR) is 163 cm³/mol. The Bertz CT molecular complexity index is 1910. The van der Waals surface area contributed by atoms with Crippen LogP contribution in [0.1, 0.15) is 21.5 Å². The third-order valence-electron chi connectivity index (χ3n) is 6.60. The molecule has 0 saturated carbocycles. The number of methoxy groups -OCH3 is 2. The molecule has 0 saturated heterocycles. The van der Waals surface area contributed by atoms with Gasteiger partial charge in [0.1, 0.15) is 11.5 Å². The number of hydrogen-bond acceptors (Lipinski definition) is 9. The molecule has 0 radical (unpaired) electrons. The topological polar surface area (TPSA) is 167 Å². The van der Waals surface area contributed by atoms with Gasteiger partial charge in [0.05, 0.1) is 56.8 Å². The van der Waals surface area contributed by atoms with Crippen molar-refractivity contribution in [2.24, 2.45) is 0 Å². The van der Waals surface area contributed by atoms with Gasteiger partial charge in [-0.2, -0.15) is 0 Å². The first-order valence-corrected chi connectivity index (χ1v) is 13.0. The molecule has 0 bridgehead atoms. The van der Waals surface area contributed by atoms with Crippen LogP contribution >= 0.6 is 11.6 Å². The van der Waals surface area contributed by atoms with Gasteiger partial charge in [0.15, 0.2) is 0 Å². The van der Waals surface area contributed by atoms with E-state index in [4.69, 9.17) is 21.1 Å². The molecule has 0 unspecified atom stereocenters. The Morgan fingerprint density at radius 2 is 1.51 bits per heavy atom. The van der Waals surface area contributed by atoms with Crippen LogP contribution in [-0.2, 0) is 0 Å². The molecule has 0 atom stereocenters. The highest BCUT2D eigenvalue weighted by molar-refractivity contribution is 6.41. The molecule has 13 heteroatoms. The van der Waals surface area contributed by atoms with Crippen LogP contribution in [0.3, 0.4) is 0 Å². The summed E-state index contributed by atoms with van der Waals surface area (Å²) >= 11 is 6.42. The smallest absolute Gasteiger partial charge is 0.337 e. The summed E-state index contributed by atoms with van der Waals surface area (Å²) in [6.07, 6.45) is 0. The second-order valence-electron chi connectivity index (χ2n) is 9.29.